The standard InChI is InChI=1S/C20H25NO8S/c1-30(25,26)29-19(11-23)13-28-18-8-4-15(5-9-18)20(21)14-2-6-17(7-3-14)27-12-16(24)10-22/h2-9,16,19,21-24H,10-13H2,1H3. The summed E-state index contributed by atoms with van der Waals surface area (Å²) in [7, 11) is -3.70. The smallest absolute Gasteiger partial charge is 0.264 e. The summed E-state index contributed by atoms with van der Waals surface area (Å²) in [5.41, 5.74) is 1.57. The molecule has 164 valence electrons. The van der Waals surface area contributed by atoms with Gasteiger partial charge in [0.05, 0.1) is 25.2 Å². The highest BCUT2D eigenvalue weighted by molar-refractivity contribution is 7.86. The Morgan fingerprint density at radius 3 is 1.77 bits per heavy atom. The minimum atomic E-state index is -3.70. The van der Waals surface area contributed by atoms with Crippen molar-refractivity contribution in [1.29, 1.82) is 5.41 Å². The molecule has 2 atom stereocenters. The first kappa shape index (κ1) is 23.8. The fourth-order valence-corrected chi connectivity index (χ4v) is 3.01. The van der Waals surface area contributed by atoms with Crippen LogP contribution in [0.3, 0.4) is 0 Å². The van der Waals surface area contributed by atoms with Crippen molar-refractivity contribution in [2.45, 2.75) is 12.2 Å². The lowest BCUT2D eigenvalue weighted by atomic mass is 10.0. The maximum atomic E-state index is 11.1. The van der Waals surface area contributed by atoms with E-state index in [0.717, 1.165) is 6.26 Å². The third kappa shape index (κ3) is 7.73. The highest BCUT2D eigenvalue weighted by atomic mass is 32.2. The van der Waals surface area contributed by atoms with E-state index in [1.165, 1.54) is 0 Å². The van der Waals surface area contributed by atoms with E-state index in [1.54, 1.807) is 48.5 Å². The second-order valence-corrected chi connectivity index (χ2v) is 8.09. The van der Waals surface area contributed by atoms with Crippen LogP contribution in [0, 0.1) is 5.41 Å². The van der Waals surface area contributed by atoms with Gasteiger partial charge in [0.15, 0.2) is 0 Å². The quantitative estimate of drug-likeness (QED) is 0.277. The number of aliphatic hydroxyl groups excluding tert-OH is 3. The summed E-state index contributed by atoms with van der Waals surface area (Å²) < 4.78 is 37.7. The molecule has 2 rings (SSSR count). The molecule has 2 aromatic rings. The number of nitrogens with one attached hydrogen (secondary N) is 1. The lowest BCUT2D eigenvalue weighted by molar-refractivity contribution is 0.0536. The SMILES string of the molecule is CS(=O)(=O)OC(CO)COc1ccc(C(=N)c2ccc(OCC(O)CO)cc2)cc1. The molecule has 0 radical (unpaired) electrons. The van der Waals surface area contributed by atoms with E-state index >= 15 is 0 Å². The minimum Gasteiger partial charge on any atom is -0.491 e. The first-order valence-electron chi connectivity index (χ1n) is 9.05. The summed E-state index contributed by atoms with van der Waals surface area (Å²) in [5.74, 6) is 0.950. The van der Waals surface area contributed by atoms with Gasteiger partial charge in [-0.1, -0.05) is 0 Å². The second kappa shape index (κ2) is 11.0. The Bertz CT molecular complexity index is 913. The zero-order valence-corrected chi connectivity index (χ0v) is 17.2. The van der Waals surface area contributed by atoms with Crippen LogP contribution < -0.4 is 9.47 Å². The van der Waals surface area contributed by atoms with Gasteiger partial charge in [0.1, 0.15) is 36.9 Å². The van der Waals surface area contributed by atoms with Crippen molar-refractivity contribution >= 4 is 15.8 Å². The van der Waals surface area contributed by atoms with Gasteiger partial charge >= 0.3 is 0 Å². The molecule has 0 saturated heterocycles. The first-order valence-corrected chi connectivity index (χ1v) is 10.9. The Morgan fingerprint density at radius 1 is 0.900 bits per heavy atom. The van der Waals surface area contributed by atoms with Crippen LogP contribution in [0.4, 0.5) is 0 Å². The third-order valence-electron chi connectivity index (χ3n) is 3.89. The Morgan fingerprint density at radius 2 is 1.37 bits per heavy atom. The number of hydrogen-bond donors (Lipinski definition) is 4. The molecular weight excluding hydrogens is 414 g/mol. The van der Waals surface area contributed by atoms with Crippen molar-refractivity contribution in [3.63, 3.8) is 0 Å². The molecule has 2 unspecified atom stereocenters. The Hall–Kier alpha value is -2.50. The molecule has 10 heteroatoms. The molecule has 0 spiro atoms. The monoisotopic (exact) mass is 439 g/mol. The summed E-state index contributed by atoms with van der Waals surface area (Å²) in [6.07, 6.45) is -1.06. The summed E-state index contributed by atoms with van der Waals surface area (Å²) in [6, 6.07) is 13.4. The molecule has 4 N–H and O–H groups in total. The lowest BCUT2D eigenvalue weighted by Crippen LogP contribution is -2.28. The average Bonchev–Trinajstić information content (AvgIpc) is 2.74. The molecule has 0 aliphatic carbocycles. The van der Waals surface area contributed by atoms with E-state index in [-0.39, 0.29) is 25.5 Å². The fourth-order valence-electron chi connectivity index (χ4n) is 2.39. The zero-order valence-electron chi connectivity index (χ0n) is 16.4. The molecule has 0 aliphatic heterocycles. The number of hydrogen-bond acceptors (Lipinski definition) is 9. The molecule has 0 heterocycles. The molecule has 0 amide bonds. The highest BCUT2D eigenvalue weighted by Crippen LogP contribution is 2.18. The van der Waals surface area contributed by atoms with Gasteiger partial charge in [0, 0.05) is 11.1 Å². The van der Waals surface area contributed by atoms with Crippen LogP contribution in [0.25, 0.3) is 0 Å². The van der Waals surface area contributed by atoms with E-state index in [0.29, 0.717) is 22.6 Å². The molecular formula is C20H25NO8S. The Balaban J connectivity index is 1.94. The largest absolute Gasteiger partial charge is 0.491 e. The topological polar surface area (TPSA) is 146 Å². The predicted octanol–water partition coefficient (Wildman–Crippen LogP) is 0.551. The van der Waals surface area contributed by atoms with Crippen LogP contribution in [0.5, 0.6) is 11.5 Å². The molecule has 30 heavy (non-hydrogen) atoms. The molecule has 9 nitrogen and oxygen atoms in total. The Kier molecular flexibility index (Phi) is 8.75. The van der Waals surface area contributed by atoms with E-state index in [9.17, 15) is 18.6 Å². The summed E-state index contributed by atoms with van der Waals surface area (Å²) in [5, 5.41) is 35.6. The minimum absolute atomic E-state index is 0.0267. The van der Waals surface area contributed by atoms with Crippen LogP contribution in [0.2, 0.25) is 0 Å². The highest BCUT2D eigenvalue weighted by Gasteiger charge is 2.15. The predicted molar refractivity (Wildman–Crippen MR) is 110 cm³/mol. The van der Waals surface area contributed by atoms with Gasteiger partial charge in [-0.05, 0) is 48.5 Å². The number of aliphatic hydroxyl groups is 3. The van der Waals surface area contributed by atoms with Gasteiger partial charge in [0.2, 0.25) is 0 Å². The van der Waals surface area contributed by atoms with Crippen LogP contribution >= 0.6 is 0 Å². The Labute approximate surface area is 175 Å². The number of ether oxygens (including phenoxy) is 2. The summed E-state index contributed by atoms with van der Waals surface area (Å²) in [6.45, 7) is -1.06. The lowest BCUT2D eigenvalue weighted by Gasteiger charge is -2.15. The van der Waals surface area contributed by atoms with Crippen molar-refractivity contribution in [1.82, 2.24) is 0 Å². The molecule has 0 bridgehead atoms. The first-order chi connectivity index (χ1) is 14.2. The molecule has 0 aliphatic rings. The number of benzene rings is 2. The normalized spacial score (nSPS) is 13.5. The second-order valence-electron chi connectivity index (χ2n) is 6.49. The maximum absolute atomic E-state index is 11.1. The fraction of sp³-hybridized carbons (Fsp3) is 0.350. The van der Waals surface area contributed by atoms with E-state index in [4.69, 9.17) is 24.2 Å². The van der Waals surface area contributed by atoms with E-state index in [2.05, 4.69) is 0 Å². The van der Waals surface area contributed by atoms with Crippen molar-refractivity contribution in [2.24, 2.45) is 0 Å². The van der Waals surface area contributed by atoms with Gasteiger partial charge < -0.3 is 24.8 Å². The molecule has 2 aromatic carbocycles. The maximum Gasteiger partial charge on any atom is 0.264 e. The average molecular weight is 439 g/mol. The van der Waals surface area contributed by atoms with Crippen LogP contribution in [-0.4, -0.2) is 74.3 Å². The van der Waals surface area contributed by atoms with Crippen molar-refractivity contribution < 1.29 is 37.4 Å². The van der Waals surface area contributed by atoms with Crippen molar-refractivity contribution in [3.05, 3.63) is 59.7 Å². The zero-order chi connectivity index (χ0) is 22.1. The van der Waals surface area contributed by atoms with Crippen LogP contribution in [-0.2, 0) is 14.3 Å². The molecule has 0 aromatic heterocycles. The van der Waals surface area contributed by atoms with Gasteiger partial charge in [-0.15, -0.1) is 0 Å². The molecule has 0 saturated carbocycles. The van der Waals surface area contributed by atoms with E-state index in [1.807, 2.05) is 0 Å². The van der Waals surface area contributed by atoms with Crippen molar-refractivity contribution in [2.75, 3.05) is 32.7 Å². The molecule has 0 fully saturated rings. The van der Waals surface area contributed by atoms with Crippen LogP contribution in [0.15, 0.2) is 48.5 Å². The number of rotatable bonds is 12. The van der Waals surface area contributed by atoms with Gasteiger partial charge in [0.25, 0.3) is 10.1 Å². The summed E-state index contributed by atoms with van der Waals surface area (Å²) >= 11 is 0. The summed E-state index contributed by atoms with van der Waals surface area (Å²) in [4.78, 5) is 0. The van der Waals surface area contributed by atoms with Crippen LogP contribution in [0.1, 0.15) is 11.1 Å². The van der Waals surface area contributed by atoms with Gasteiger partial charge in [-0.3, -0.25) is 9.59 Å². The van der Waals surface area contributed by atoms with Gasteiger partial charge in [-0.2, -0.15) is 8.42 Å². The third-order valence-corrected chi connectivity index (χ3v) is 4.51. The van der Waals surface area contributed by atoms with E-state index < -0.39 is 28.9 Å². The van der Waals surface area contributed by atoms with Gasteiger partial charge in [-0.25, -0.2) is 0 Å². The van der Waals surface area contributed by atoms with Crippen molar-refractivity contribution in [3.8, 4) is 11.5 Å².